The van der Waals surface area contributed by atoms with E-state index >= 15 is 0 Å². The lowest BCUT2D eigenvalue weighted by molar-refractivity contribution is -0.117. The van der Waals surface area contributed by atoms with Crippen LogP contribution in [0.25, 0.3) is 11.5 Å². The molecule has 0 saturated heterocycles. The Morgan fingerprint density at radius 3 is 2.50 bits per heavy atom. The molecule has 4 aromatic heterocycles. The number of pyridine rings is 1. The molecule has 166 valence electrons. The zero-order chi connectivity index (χ0) is 22.8. The molecule has 0 unspecified atom stereocenters. The number of Topliss-reactive ketones (excluding diaryl/α,β-unsaturated/α-hetero) is 1. The van der Waals surface area contributed by atoms with Crippen LogP contribution in [0.15, 0.2) is 36.9 Å². The second kappa shape index (κ2) is 9.32. The maximum Gasteiger partial charge on any atom is 0.193 e. The van der Waals surface area contributed by atoms with E-state index in [4.69, 9.17) is 27.9 Å². The summed E-state index contributed by atoms with van der Waals surface area (Å²) in [6, 6.07) is 3.38. The normalized spacial score (nSPS) is 12.6. The highest BCUT2D eigenvalue weighted by molar-refractivity contribution is 6.32. The van der Waals surface area contributed by atoms with Crippen LogP contribution in [0.3, 0.4) is 0 Å². The maximum atomic E-state index is 13.0. The van der Waals surface area contributed by atoms with Gasteiger partial charge < -0.3 is 4.74 Å². The highest BCUT2D eigenvalue weighted by Gasteiger charge is 2.25. The van der Waals surface area contributed by atoms with Gasteiger partial charge in [-0.3, -0.25) is 4.79 Å². The summed E-state index contributed by atoms with van der Waals surface area (Å²) in [5.74, 6) is 0.529. The molecule has 0 fully saturated rings. The minimum atomic E-state index is -0.281. The maximum absolute atomic E-state index is 13.0. The van der Waals surface area contributed by atoms with Gasteiger partial charge in [0.2, 0.25) is 0 Å². The van der Waals surface area contributed by atoms with Crippen molar-refractivity contribution in [1.29, 1.82) is 0 Å². The third kappa shape index (κ3) is 4.50. The van der Waals surface area contributed by atoms with E-state index in [-0.39, 0.29) is 30.6 Å². The van der Waals surface area contributed by atoms with Crippen LogP contribution in [0.1, 0.15) is 36.8 Å². The van der Waals surface area contributed by atoms with Crippen molar-refractivity contribution in [1.82, 2.24) is 34.6 Å². The summed E-state index contributed by atoms with van der Waals surface area (Å²) in [6.07, 6.45) is 6.40. The van der Waals surface area contributed by atoms with Gasteiger partial charge in [-0.2, -0.15) is 15.3 Å². The summed E-state index contributed by atoms with van der Waals surface area (Å²) in [5.41, 5.74) is 2.80. The SMILES string of the molecule is CO[C@H](c1c(CC(=O)Cc2cnc(-n3nccn3)c(Cl)c2)cnc2cc(Cl)nn12)C(C)C. The van der Waals surface area contributed by atoms with Crippen LogP contribution in [0.5, 0.6) is 0 Å². The largest absolute Gasteiger partial charge is 0.375 e. The van der Waals surface area contributed by atoms with Gasteiger partial charge in [0.1, 0.15) is 11.9 Å². The molecule has 9 nitrogen and oxygen atoms in total. The Morgan fingerprint density at radius 1 is 1.09 bits per heavy atom. The van der Waals surface area contributed by atoms with Gasteiger partial charge in [0.15, 0.2) is 16.6 Å². The number of hydrogen-bond acceptors (Lipinski definition) is 7. The summed E-state index contributed by atoms with van der Waals surface area (Å²) < 4.78 is 7.39. The number of fused-ring (bicyclic) bond motifs is 1. The lowest BCUT2D eigenvalue weighted by atomic mass is 9.96. The van der Waals surface area contributed by atoms with Crippen molar-refractivity contribution in [3.63, 3.8) is 0 Å². The molecule has 0 bridgehead atoms. The summed E-state index contributed by atoms with van der Waals surface area (Å²) in [4.78, 5) is 23.0. The van der Waals surface area contributed by atoms with E-state index in [1.165, 1.54) is 17.2 Å². The fourth-order valence-electron chi connectivity index (χ4n) is 3.64. The van der Waals surface area contributed by atoms with Gasteiger partial charge in [-0.1, -0.05) is 37.0 Å². The van der Waals surface area contributed by atoms with Crippen molar-refractivity contribution in [3.05, 3.63) is 63.9 Å². The first-order valence-corrected chi connectivity index (χ1v) is 10.7. The Balaban J connectivity index is 1.60. The number of hydrogen-bond donors (Lipinski definition) is 0. The molecular weight excluding hydrogens is 453 g/mol. The Kier molecular flexibility index (Phi) is 6.50. The molecule has 11 heteroatoms. The molecule has 0 spiro atoms. The van der Waals surface area contributed by atoms with E-state index in [1.54, 1.807) is 36.2 Å². The molecular formula is C21H21Cl2N7O2. The zero-order valence-corrected chi connectivity index (χ0v) is 19.2. The number of halogens is 2. The van der Waals surface area contributed by atoms with Gasteiger partial charge in [-0.05, 0) is 17.5 Å². The third-order valence-corrected chi connectivity index (χ3v) is 5.44. The van der Waals surface area contributed by atoms with E-state index in [0.29, 0.717) is 27.2 Å². The van der Waals surface area contributed by atoms with Crippen molar-refractivity contribution in [2.24, 2.45) is 5.92 Å². The van der Waals surface area contributed by atoms with Crippen LogP contribution in [0, 0.1) is 5.92 Å². The van der Waals surface area contributed by atoms with Gasteiger partial charge in [0.05, 0.1) is 23.1 Å². The predicted octanol–water partition coefficient (Wildman–Crippen LogP) is 3.71. The number of rotatable bonds is 8. The average Bonchev–Trinajstić information content (AvgIpc) is 3.39. The van der Waals surface area contributed by atoms with Crippen molar-refractivity contribution >= 4 is 34.6 Å². The van der Waals surface area contributed by atoms with E-state index < -0.39 is 0 Å². The van der Waals surface area contributed by atoms with Crippen molar-refractivity contribution in [2.45, 2.75) is 32.8 Å². The smallest absolute Gasteiger partial charge is 0.193 e. The molecule has 0 aromatic carbocycles. The fraction of sp³-hybridized carbons (Fsp3) is 0.333. The van der Waals surface area contributed by atoms with Gasteiger partial charge in [0, 0.05) is 44.0 Å². The van der Waals surface area contributed by atoms with Crippen molar-refractivity contribution in [3.8, 4) is 5.82 Å². The highest BCUT2D eigenvalue weighted by atomic mass is 35.5. The van der Waals surface area contributed by atoms with E-state index in [0.717, 1.165) is 11.3 Å². The van der Waals surface area contributed by atoms with Crippen LogP contribution in [0.2, 0.25) is 10.2 Å². The molecule has 4 heterocycles. The Morgan fingerprint density at radius 2 is 1.84 bits per heavy atom. The summed E-state index contributed by atoms with van der Waals surface area (Å²) in [6.45, 7) is 4.08. The standard InChI is InChI=1S/C21H21Cl2N7O2/c1-12(2)20(32-3)19-14(11-24-18-9-17(23)28-29(18)19)8-15(31)6-13-7-16(22)21(25-10-13)30-26-4-5-27-30/h4-5,7,9-12,20H,6,8H2,1-3H3/t20-/m0/s1. The lowest BCUT2D eigenvalue weighted by Crippen LogP contribution is -2.19. The van der Waals surface area contributed by atoms with Gasteiger partial charge >= 0.3 is 0 Å². The molecule has 4 rings (SSSR count). The second-order valence-corrected chi connectivity index (χ2v) is 8.46. The first-order valence-electron chi connectivity index (χ1n) is 9.96. The molecule has 4 aromatic rings. The molecule has 0 aliphatic carbocycles. The highest BCUT2D eigenvalue weighted by Crippen LogP contribution is 2.29. The second-order valence-electron chi connectivity index (χ2n) is 7.67. The Hall–Kier alpha value is -2.88. The number of nitrogens with zero attached hydrogens (tertiary/aromatic N) is 7. The summed E-state index contributed by atoms with van der Waals surface area (Å²) in [7, 11) is 1.64. The van der Waals surface area contributed by atoms with Crippen molar-refractivity contribution < 1.29 is 9.53 Å². The first kappa shape index (κ1) is 22.3. The van der Waals surface area contributed by atoms with E-state index in [9.17, 15) is 4.79 Å². The molecule has 1 atom stereocenters. The molecule has 0 radical (unpaired) electrons. The van der Waals surface area contributed by atoms with Crippen LogP contribution < -0.4 is 0 Å². The third-order valence-electron chi connectivity index (χ3n) is 4.98. The quantitative estimate of drug-likeness (QED) is 0.384. The monoisotopic (exact) mass is 473 g/mol. The molecule has 0 amide bonds. The average molecular weight is 474 g/mol. The van der Waals surface area contributed by atoms with Gasteiger partial charge in [0.25, 0.3) is 0 Å². The minimum Gasteiger partial charge on any atom is -0.375 e. The van der Waals surface area contributed by atoms with Gasteiger partial charge in [-0.15, -0.1) is 4.80 Å². The number of carbonyl (C=O) groups excluding carboxylic acids is 1. The molecule has 0 saturated carbocycles. The van der Waals surface area contributed by atoms with Crippen LogP contribution in [0.4, 0.5) is 0 Å². The predicted molar refractivity (Wildman–Crippen MR) is 119 cm³/mol. The summed E-state index contributed by atoms with van der Waals surface area (Å²) in [5, 5.41) is 13.1. The zero-order valence-electron chi connectivity index (χ0n) is 17.7. The van der Waals surface area contributed by atoms with Crippen LogP contribution in [-0.2, 0) is 22.4 Å². The number of methoxy groups -OCH3 is 1. The van der Waals surface area contributed by atoms with Gasteiger partial charge in [-0.25, -0.2) is 14.5 Å². The van der Waals surface area contributed by atoms with Crippen molar-refractivity contribution in [2.75, 3.05) is 7.11 Å². The van der Waals surface area contributed by atoms with Crippen LogP contribution >= 0.6 is 23.2 Å². The number of aromatic nitrogens is 7. The molecule has 0 aliphatic rings. The first-order chi connectivity index (χ1) is 15.4. The summed E-state index contributed by atoms with van der Waals surface area (Å²) >= 11 is 12.4. The number of ketones is 1. The van der Waals surface area contributed by atoms with E-state index in [2.05, 4.69) is 25.3 Å². The molecule has 32 heavy (non-hydrogen) atoms. The number of ether oxygens (including phenoxy) is 1. The Labute approximate surface area is 194 Å². The number of carbonyl (C=O) groups is 1. The molecule has 0 N–H and O–H groups in total. The minimum absolute atomic E-state index is 0.0212. The van der Waals surface area contributed by atoms with Crippen LogP contribution in [-0.4, -0.2) is 47.5 Å². The Bertz CT molecular complexity index is 1250. The topological polar surface area (TPSA) is 100 Å². The van der Waals surface area contributed by atoms with E-state index in [1.807, 2.05) is 13.8 Å². The molecule has 0 aliphatic heterocycles. The lowest BCUT2D eigenvalue weighted by Gasteiger charge is -2.23. The fourth-order valence-corrected chi connectivity index (χ4v) is 4.08.